The average molecular weight is 313 g/mol. The highest BCUT2D eigenvalue weighted by atomic mass is 15.1. The summed E-state index contributed by atoms with van der Waals surface area (Å²) in [6.45, 7) is 16.8. The molecule has 3 aliphatic carbocycles. The van der Waals surface area contributed by atoms with E-state index in [-0.39, 0.29) is 5.54 Å². The van der Waals surface area contributed by atoms with Crippen molar-refractivity contribution in [1.29, 1.82) is 0 Å². The van der Waals surface area contributed by atoms with Crippen LogP contribution in [0.4, 0.5) is 0 Å². The molecule has 0 bridgehead atoms. The third kappa shape index (κ3) is 3.39. The molecule has 0 spiro atoms. The Labute approximate surface area is 141 Å². The number of nitrogens with zero attached hydrogens (tertiary/aromatic N) is 1. The molecular formula is C20H31N3. The van der Waals surface area contributed by atoms with Gasteiger partial charge < -0.3 is 10.6 Å². The molecule has 3 aliphatic rings. The molecule has 126 valence electrons. The molecule has 3 heteroatoms. The van der Waals surface area contributed by atoms with Gasteiger partial charge in [0, 0.05) is 27.9 Å². The summed E-state index contributed by atoms with van der Waals surface area (Å²) in [6.07, 6.45) is 7.73. The van der Waals surface area contributed by atoms with Gasteiger partial charge in [0.15, 0.2) is 0 Å². The van der Waals surface area contributed by atoms with Crippen molar-refractivity contribution < 1.29 is 0 Å². The van der Waals surface area contributed by atoms with Crippen molar-refractivity contribution in [3.8, 4) is 0 Å². The van der Waals surface area contributed by atoms with E-state index in [0.717, 1.165) is 23.0 Å². The van der Waals surface area contributed by atoms with Crippen LogP contribution in [0.25, 0.3) is 0 Å². The first-order chi connectivity index (χ1) is 10.8. The average Bonchev–Trinajstić information content (AvgIpc) is 3.31. The van der Waals surface area contributed by atoms with E-state index in [2.05, 4.69) is 56.6 Å². The van der Waals surface area contributed by atoms with Crippen molar-refractivity contribution >= 4 is 6.72 Å². The van der Waals surface area contributed by atoms with Crippen LogP contribution in [0.15, 0.2) is 39.8 Å². The summed E-state index contributed by atoms with van der Waals surface area (Å²) in [6, 6.07) is 0. The summed E-state index contributed by atoms with van der Waals surface area (Å²) in [5.74, 6) is 1.77. The minimum Gasteiger partial charge on any atom is -0.379 e. The Balaban J connectivity index is 1.81. The first-order valence-corrected chi connectivity index (χ1v) is 8.91. The monoisotopic (exact) mass is 313 g/mol. The van der Waals surface area contributed by atoms with Gasteiger partial charge in [-0.1, -0.05) is 12.2 Å². The lowest BCUT2D eigenvalue weighted by Gasteiger charge is -2.25. The fourth-order valence-electron chi connectivity index (χ4n) is 3.64. The maximum atomic E-state index is 4.37. The molecule has 3 fully saturated rings. The molecule has 0 aromatic rings. The van der Waals surface area contributed by atoms with E-state index in [4.69, 9.17) is 0 Å². The van der Waals surface area contributed by atoms with Gasteiger partial charge >= 0.3 is 0 Å². The highest BCUT2D eigenvalue weighted by Gasteiger charge is 2.54. The van der Waals surface area contributed by atoms with Crippen LogP contribution in [-0.4, -0.2) is 17.8 Å². The first kappa shape index (κ1) is 16.4. The first-order valence-electron chi connectivity index (χ1n) is 8.91. The predicted octanol–water partition coefficient (Wildman–Crippen LogP) is 4.44. The summed E-state index contributed by atoms with van der Waals surface area (Å²) >= 11 is 0. The van der Waals surface area contributed by atoms with E-state index in [0.29, 0.717) is 5.54 Å². The number of allylic oxidation sites excluding steroid dienone is 2. The number of hydrogen-bond donors (Lipinski definition) is 2. The molecular weight excluding hydrogens is 282 g/mol. The van der Waals surface area contributed by atoms with Gasteiger partial charge in [0.25, 0.3) is 0 Å². The second kappa shape index (κ2) is 5.54. The van der Waals surface area contributed by atoms with E-state index in [1.165, 1.54) is 49.7 Å². The third-order valence-corrected chi connectivity index (χ3v) is 5.66. The molecule has 0 radical (unpaired) electrons. The van der Waals surface area contributed by atoms with Crippen LogP contribution in [0.5, 0.6) is 0 Å². The smallest absolute Gasteiger partial charge is 0.129 e. The van der Waals surface area contributed by atoms with Crippen LogP contribution in [0.2, 0.25) is 0 Å². The molecule has 0 aromatic carbocycles. The quantitative estimate of drug-likeness (QED) is 0.513. The van der Waals surface area contributed by atoms with Gasteiger partial charge in [-0.25, -0.2) is 4.99 Å². The maximum Gasteiger partial charge on any atom is 0.129 e. The maximum absolute atomic E-state index is 4.37. The zero-order valence-electron chi connectivity index (χ0n) is 15.2. The zero-order valence-corrected chi connectivity index (χ0v) is 15.2. The Bertz CT molecular complexity index is 592. The van der Waals surface area contributed by atoms with Crippen LogP contribution >= 0.6 is 0 Å². The van der Waals surface area contributed by atoms with Crippen LogP contribution in [-0.2, 0) is 0 Å². The summed E-state index contributed by atoms with van der Waals surface area (Å²) in [5, 5.41) is 7.34. The number of nitrogens with one attached hydrogen (secondary N) is 2. The van der Waals surface area contributed by atoms with Crippen molar-refractivity contribution in [2.24, 2.45) is 10.9 Å². The number of rotatable bonds is 8. The SMILES string of the molecule is C=N/C(NC1(C)CC1)=C(\C)C(C(=C)NC1(C2CC2)CC1)=C(C)C. The van der Waals surface area contributed by atoms with Crippen LogP contribution in [0.1, 0.15) is 66.2 Å². The summed E-state index contributed by atoms with van der Waals surface area (Å²) in [5.41, 5.74) is 5.22. The highest BCUT2D eigenvalue weighted by Crippen LogP contribution is 2.54. The molecule has 0 unspecified atom stereocenters. The summed E-state index contributed by atoms with van der Waals surface area (Å²) in [7, 11) is 0. The van der Waals surface area contributed by atoms with Gasteiger partial charge in [0.2, 0.25) is 0 Å². The lowest BCUT2D eigenvalue weighted by atomic mass is 9.98. The third-order valence-electron chi connectivity index (χ3n) is 5.66. The Morgan fingerprint density at radius 1 is 1.04 bits per heavy atom. The van der Waals surface area contributed by atoms with Gasteiger partial charge in [0.05, 0.1) is 0 Å². The molecule has 0 aromatic heterocycles. The topological polar surface area (TPSA) is 36.4 Å². The molecule has 23 heavy (non-hydrogen) atoms. The molecule has 2 N–H and O–H groups in total. The molecule has 0 aliphatic heterocycles. The van der Waals surface area contributed by atoms with E-state index in [9.17, 15) is 0 Å². The number of aliphatic imine (C=N–C) groups is 1. The van der Waals surface area contributed by atoms with Gasteiger partial charge in [-0.3, -0.25) is 0 Å². The largest absolute Gasteiger partial charge is 0.379 e. The van der Waals surface area contributed by atoms with Gasteiger partial charge in [0.1, 0.15) is 5.82 Å². The molecule has 0 atom stereocenters. The molecule has 0 heterocycles. The Morgan fingerprint density at radius 2 is 1.65 bits per heavy atom. The predicted molar refractivity (Wildman–Crippen MR) is 98.4 cm³/mol. The summed E-state index contributed by atoms with van der Waals surface area (Å²) < 4.78 is 0. The zero-order chi connectivity index (χ0) is 16.8. The Kier molecular flexibility index (Phi) is 3.94. The summed E-state index contributed by atoms with van der Waals surface area (Å²) in [4.78, 5) is 4.27. The lowest BCUT2D eigenvalue weighted by molar-refractivity contribution is 0.494. The number of hydrogen-bond acceptors (Lipinski definition) is 3. The van der Waals surface area contributed by atoms with E-state index >= 15 is 0 Å². The van der Waals surface area contributed by atoms with Crippen molar-refractivity contribution in [2.75, 3.05) is 0 Å². The highest BCUT2D eigenvalue weighted by molar-refractivity contribution is 5.50. The van der Waals surface area contributed by atoms with E-state index < -0.39 is 0 Å². The van der Waals surface area contributed by atoms with Gasteiger partial charge in [-0.15, -0.1) is 0 Å². The van der Waals surface area contributed by atoms with Crippen LogP contribution < -0.4 is 10.6 Å². The van der Waals surface area contributed by atoms with Gasteiger partial charge in [-0.05, 0) is 78.9 Å². The van der Waals surface area contributed by atoms with Gasteiger partial charge in [-0.2, -0.15) is 0 Å². The fraction of sp³-hybridized carbons (Fsp3) is 0.650. The molecule has 3 rings (SSSR count). The van der Waals surface area contributed by atoms with Crippen molar-refractivity contribution in [1.82, 2.24) is 10.6 Å². The standard InChI is InChI=1S/C20H31N3/c1-13(2)17(14(3)18(21-6)23-19(5)9-10-19)15(4)22-20(11-12-20)16-7-8-16/h16,22-23H,4,6-12H2,1-3,5H3/b18-14-. The van der Waals surface area contributed by atoms with Crippen molar-refractivity contribution in [3.63, 3.8) is 0 Å². The minimum atomic E-state index is 0.199. The molecule has 0 saturated heterocycles. The Morgan fingerprint density at radius 3 is 2.04 bits per heavy atom. The normalized spacial score (nSPS) is 24.2. The fourth-order valence-corrected chi connectivity index (χ4v) is 3.64. The van der Waals surface area contributed by atoms with E-state index in [1.807, 2.05) is 0 Å². The molecule has 3 saturated carbocycles. The minimum absolute atomic E-state index is 0.199. The van der Waals surface area contributed by atoms with Crippen molar-refractivity contribution in [3.05, 3.63) is 34.8 Å². The second-order valence-electron chi connectivity index (χ2n) is 8.23. The van der Waals surface area contributed by atoms with Crippen LogP contribution in [0, 0.1) is 5.92 Å². The molecule has 0 amide bonds. The lowest BCUT2D eigenvalue weighted by Crippen LogP contribution is -2.34. The van der Waals surface area contributed by atoms with E-state index in [1.54, 1.807) is 0 Å². The van der Waals surface area contributed by atoms with Crippen LogP contribution in [0.3, 0.4) is 0 Å². The second-order valence-corrected chi connectivity index (χ2v) is 8.23. The Hall–Kier alpha value is -1.51. The van der Waals surface area contributed by atoms with Crippen molar-refractivity contribution in [2.45, 2.75) is 77.3 Å². The molecule has 3 nitrogen and oxygen atoms in total.